The van der Waals surface area contributed by atoms with Gasteiger partial charge in [0.1, 0.15) is 18.1 Å². The molecule has 0 heterocycles. The third-order valence-corrected chi connectivity index (χ3v) is 3.23. The molecule has 2 N–H and O–H groups in total. The molecule has 2 aromatic carbocycles. The summed E-state index contributed by atoms with van der Waals surface area (Å²) in [5, 5.41) is 0. The molecule has 0 unspecified atom stereocenters. The summed E-state index contributed by atoms with van der Waals surface area (Å²) in [6.45, 7) is 3.20. The SMILES string of the molecule is CCOCCOc1cccc(C(=O)NNC(=O)COc2ccccc2)c1. The Balaban J connectivity index is 1.75. The van der Waals surface area contributed by atoms with Crippen molar-refractivity contribution in [1.82, 2.24) is 10.9 Å². The number of carbonyl (C=O) groups is 2. The number of nitrogens with one attached hydrogen (secondary N) is 2. The first-order valence-corrected chi connectivity index (χ1v) is 8.26. The molecule has 0 aliphatic rings. The molecule has 0 fully saturated rings. The van der Waals surface area contributed by atoms with Crippen molar-refractivity contribution in [2.75, 3.05) is 26.4 Å². The first-order chi connectivity index (χ1) is 12.7. The molecule has 138 valence electrons. The number of amides is 2. The van der Waals surface area contributed by atoms with Gasteiger partial charge in [-0.25, -0.2) is 0 Å². The summed E-state index contributed by atoms with van der Waals surface area (Å²) in [5.41, 5.74) is 5.01. The first-order valence-electron chi connectivity index (χ1n) is 8.26. The largest absolute Gasteiger partial charge is 0.491 e. The van der Waals surface area contributed by atoms with Crippen LogP contribution in [0.25, 0.3) is 0 Å². The fourth-order valence-corrected chi connectivity index (χ4v) is 1.99. The van der Waals surface area contributed by atoms with E-state index in [2.05, 4.69) is 10.9 Å². The molecule has 7 heteroatoms. The number of carbonyl (C=O) groups excluding carboxylic acids is 2. The average molecular weight is 358 g/mol. The van der Waals surface area contributed by atoms with E-state index in [-0.39, 0.29) is 6.61 Å². The third kappa shape index (κ3) is 6.82. The number of rotatable bonds is 9. The van der Waals surface area contributed by atoms with Crippen LogP contribution >= 0.6 is 0 Å². The molecule has 0 radical (unpaired) electrons. The minimum Gasteiger partial charge on any atom is -0.491 e. The van der Waals surface area contributed by atoms with Crippen molar-refractivity contribution >= 4 is 11.8 Å². The maximum Gasteiger partial charge on any atom is 0.276 e. The fourth-order valence-electron chi connectivity index (χ4n) is 1.99. The van der Waals surface area contributed by atoms with E-state index in [9.17, 15) is 9.59 Å². The smallest absolute Gasteiger partial charge is 0.276 e. The maximum atomic E-state index is 12.1. The molecule has 0 aliphatic heterocycles. The summed E-state index contributed by atoms with van der Waals surface area (Å²) in [6.07, 6.45) is 0. The summed E-state index contributed by atoms with van der Waals surface area (Å²) >= 11 is 0. The van der Waals surface area contributed by atoms with Crippen molar-refractivity contribution in [3.63, 3.8) is 0 Å². The van der Waals surface area contributed by atoms with Crippen molar-refractivity contribution in [3.05, 3.63) is 60.2 Å². The number of hydrogen-bond donors (Lipinski definition) is 2. The molecule has 0 bridgehead atoms. The van der Waals surface area contributed by atoms with Crippen molar-refractivity contribution in [2.24, 2.45) is 0 Å². The van der Waals surface area contributed by atoms with Gasteiger partial charge in [0.15, 0.2) is 6.61 Å². The Morgan fingerprint density at radius 2 is 1.65 bits per heavy atom. The van der Waals surface area contributed by atoms with Crippen LogP contribution in [0, 0.1) is 0 Å². The highest BCUT2D eigenvalue weighted by atomic mass is 16.5. The lowest BCUT2D eigenvalue weighted by Gasteiger charge is -2.10. The molecule has 2 rings (SSSR count). The molecule has 0 saturated heterocycles. The van der Waals surface area contributed by atoms with Crippen molar-refractivity contribution in [1.29, 1.82) is 0 Å². The molecule has 0 aliphatic carbocycles. The van der Waals surface area contributed by atoms with Crippen LogP contribution in [0.4, 0.5) is 0 Å². The quantitative estimate of drug-likeness (QED) is 0.529. The van der Waals surface area contributed by atoms with E-state index in [0.29, 0.717) is 36.9 Å². The van der Waals surface area contributed by atoms with Crippen LogP contribution in [-0.2, 0) is 9.53 Å². The van der Waals surface area contributed by atoms with Crippen LogP contribution in [0.3, 0.4) is 0 Å². The zero-order valence-electron chi connectivity index (χ0n) is 14.6. The van der Waals surface area contributed by atoms with Gasteiger partial charge in [-0.05, 0) is 37.3 Å². The molecular formula is C19H22N2O5. The van der Waals surface area contributed by atoms with Gasteiger partial charge in [-0.2, -0.15) is 0 Å². The predicted molar refractivity (Wildman–Crippen MR) is 96.0 cm³/mol. The van der Waals surface area contributed by atoms with Gasteiger partial charge in [0.2, 0.25) is 0 Å². The summed E-state index contributed by atoms with van der Waals surface area (Å²) in [6, 6.07) is 15.6. The lowest BCUT2D eigenvalue weighted by Crippen LogP contribution is -2.43. The monoisotopic (exact) mass is 358 g/mol. The molecule has 0 atom stereocenters. The summed E-state index contributed by atoms with van der Waals surface area (Å²) in [4.78, 5) is 23.8. The number of ether oxygens (including phenoxy) is 3. The molecular weight excluding hydrogens is 336 g/mol. The topological polar surface area (TPSA) is 85.9 Å². The number of hydrazine groups is 1. The van der Waals surface area contributed by atoms with Crippen LogP contribution in [0.15, 0.2) is 54.6 Å². The average Bonchev–Trinajstić information content (AvgIpc) is 2.69. The Morgan fingerprint density at radius 3 is 2.42 bits per heavy atom. The van der Waals surface area contributed by atoms with Crippen molar-refractivity contribution in [3.8, 4) is 11.5 Å². The molecule has 0 spiro atoms. The molecule has 7 nitrogen and oxygen atoms in total. The van der Waals surface area contributed by atoms with E-state index in [0.717, 1.165) is 0 Å². The zero-order chi connectivity index (χ0) is 18.6. The number of hydrogen-bond acceptors (Lipinski definition) is 5. The highest BCUT2D eigenvalue weighted by Crippen LogP contribution is 2.13. The summed E-state index contributed by atoms with van der Waals surface area (Å²) < 4.78 is 16.0. The van der Waals surface area contributed by atoms with E-state index in [1.165, 1.54) is 0 Å². The van der Waals surface area contributed by atoms with E-state index in [4.69, 9.17) is 14.2 Å². The highest BCUT2D eigenvalue weighted by molar-refractivity contribution is 5.95. The van der Waals surface area contributed by atoms with Crippen LogP contribution in [0.2, 0.25) is 0 Å². The maximum absolute atomic E-state index is 12.1. The van der Waals surface area contributed by atoms with Gasteiger partial charge in [-0.15, -0.1) is 0 Å². The minimum atomic E-state index is -0.466. The molecule has 2 aromatic rings. The van der Waals surface area contributed by atoms with E-state index < -0.39 is 11.8 Å². The van der Waals surface area contributed by atoms with Gasteiger partial charge in [-0.1, -0.05) is 24.3 Å². The number of benzene rings is 2. The highest BCUT2D eigenvalue weighted by Gasteiger charge is 2.09. The molecule has 0 aromatic heterocycles. The van der Waals surface area contributed by atoms with Crippen LogP contribution in [0.1, 0.15) is 17.3 Å². The second-order valence-corrected chi connectivity index (χ2v) is 5.18. The first kappa shape index (κ1) is 19.3. The molecule has 0 saturated carbocycles. The van der Waals surface area contributed by atoms with Crippen molar-refractivity contribution < 1.29 is 23.8 Å². The second kappa shape index (κ2) is 10.7. The Kier molecular flexibility index (Phi) is 7.95. The summed E-state index contributed by atoms with van der Waals surface area (Å²) in [5.74, 6) is 0.210. The number of para-hydroxylation sites is 1. The van der Waals surface area contributed by atoms with Gasteiger partial charge in [0.25, 0.3) is 11.8 Å². The van der Waals surface area contributed by atoms with Gasteiger partial charge < -0.3 is 14.2 Å². The van der Waals surface area contributed by atoms with Gasteiger partial charge >= 0.3 is 0 Å². The summed E-state index contributed by atoms with van der Waals surface area (Å²) in [7, 11) is 0. The van der Waals surface area contributed by atoms with Gasteiger partial charge in [-0.3, -0.25) is 20.4 Å². The van der Waals surface area contributed by atoms with E-state index >= 15 is 0 Å². The Morgan fingerprint density at radius 1 is 0.885 bits per heavy atom. The normalized spacial score (nSPS) is 10.0. The predicted octanol–water partition coefficient (Wildman–Crippen LogP) is 1.94. The lowest BCUT2D eigenvalue weighted by molar-refractivity contribution is -0.123. The molecule has 26 heavy (non-hydrogen) atoms. The lowest BCUT2D eigenvalue weighted by atomic mass is 10.2. The van der Waals surface area contributed by atoms with Crippen LogP contribution in [-0.4, -0.2) is 38.2 Å². The van der Waals surface area contributed by atoms with E-state index in [1.807, 2.05) is 13.0 Å². The standard InChI is InChI=1S/C19H22N2O5/c1-2-24-11-12-25-17-10-6-7-15(13-17)19(23)21-20-18(22)14-26-16-8-4-3-5-9-16/h3-10,13H,2,11-12,14H2,1H3,(H,20,22)(H,21,23). The van der Waals surface area contributed by atoms with Gasteiger partial charge in [0, 0.05) is 12.2 Å². The third-order valence-electron chi connectivity index (χ3n) is 3.23. The fraction of sp³-hybridized carbons (Fsp3) is 0.263. The van der Waals surface area contributed by atoms with E-state index in [1.54, 1.807) is 48.5 Å². The van der Waals surface area contributed by atoms with Crippen molar-refractivity contribution in [2.45, 2.75) is 6.92 Å². The Bertz CT molecular complexity index is 706. The Hall–Kier alpha value is -3.06. The van der Waals surface area contributed by atoms with Gasteiger partial charge in [0.05, 0.1) is 6.61 Å². The Labute approximate surface area is 152 Å². The zero-order valence-corrected chi connectivity index (χ0v) is 14.6. The minimum absolute atomic E-state index is 0.203. The van der Waals surface area contributed by atoms with Crippen LogP contribution < -0.4 is 20.3 Å². The van der Waals surface area contributed by atoms with Crippen LogP contribution in [0.5, 0.6) is 11.5 Å². The molecule has 2 amide bonds. The second-order valence-electron chi connectivity index (χ2n) is 5.18.